The van der Waals surface area contributed by atoms with Crippen LogP contribution in [-0.2, 0) is 13.7 Å². The van der Waals surface area contributed by atoms with Crippen molar-refractivity contribution in [3.8, 4) is 22.6 Å². The lowest BCUT2D eigenvalue weighted by Crippen LogP contribution is -2.23. The van der Waals surface area contributed by atoms with Crippen molar-refractivity contribution in [2.24, 2.45) is 7.05 Å². The molecule has 4 rings (SSSR count). The summed E-state index contributed by atoms with van der Waals surface area (Å²) >= 11 is 6.39. The van der Waals surface area contributed by atoms with Crippen molar-refractivity contribution in [2.75, 3.05) is 0 Å². The number of rotatable bonds is 5. The molecular weight excluding hydrogens is 390 g/mol. The third kappa shape index (κ3) is 3.77. The average Bonchev–Trinajstić information content (AvgIpc) is 3.07. The molecule has 7 nitrogen and oxygen atoms in total. The van der Waals surface area contributed by atoms with Gasteiger partial charge in [0.25, 0.3) is 0 Å². The Morgan fingerprint density at radius 1 is 1.07 bits per heavy atom. The minimum Gasteiger partial charge on any atom is -0.488 e. The molecule has 29 heavy (non-hydrogen) atoms. The van der Waals surface area contributed by atoms with E-state index in [1.807, 2.05) is 43.5 Å². The molecule has 0 aliphatic rings. The largest absolute Gasteiger partial charge is 0.488 e. The van der Waals surface area contributed by atoms with Crippen molar-refractivity contribution in [1.82, 2.24) is 24.8 Å². The van der Waals surface area contributed by atoms with E-state index in [1.165, 1.54) is 4.68 Å². The number of halogens is 1. The van der Waals surface area contributed by atoms with Gasteiger partial charge in [-0.15, -0.1) is 0 Å². The first kappa shape index (κ1) is 18.9. The quantitative estimate of drug-likeness (QED) is 0.505. The number of hydrogen-bond donors (Lipinski definition) is 0. The Morgan fingerprint density at radius 3 is 2.62 bits per heavy atom. The summed E-state index contributed by atoms with van der Waals surface area (Å²) in [5, 5.41) is 8.15. The molecule has 0 radical (unpaired) electrons. The second-order valence-electron chi connectivity index (χ2n) is 6.55. The van der Waals surface area contributed by atoms with Crippen molar-refractivity contribution in [2.45, 2.75) is 13.5 Å². The number of pyridine rings is 1. The number of aryl methyl sites for hydroxylation is 2. The maximum Gasteiger partial charge on any atom is 0.368 e. The molecule has 2 heterocycles. The van der Waals surface area contributed by atoms with Crippen LogP contribution in [0.4, 0.5) is 0 Å². The van der Waals surface area contributed by atoms with Gasteiger partial charge in [-0.25, -0.2) is 4.79 Å². The van der Waals surface area contributed by atoms with E-state index in [-0.39, 0.29) is 12.3 Å². The molecule has 8 heteroatoms. The summed E-state index contributed by atoms with van der Waals surface area (Å²) < 4.78 is 8.40. The molecule has 0 N–H and O–H groups in total. The molecule has 0 aliphatic carbocycles. The summed E-state index contributed by atoms with van der Waals surface area (Å²) in [4.78, 5) is 16.4. The average molecular weight is 408 g/mol. The van der Waals surface area contributed by atoms with Crippen molar-refractivity contribution < 1.29 is 4.74 Å². The van der Waals surface area contributed by atoms with Gasteiger partial charge in [-0.1, -0.05) is 29.8 Å². The SMILES string of the molecule is Cc1cc(-c2cccnc2)ccc1OCc1c(Cl)cccc1-n1nnn(C)c1=O. The number of ether oxygens (including phenoxy) is 1. The molecule has 4 aromatic rings. The summed E-state index contributed by atoms with van der Waals surface area (Å²) in [6.45, 7) is 2.17. The maximum atomic E-state index is 12.2. The lowest BCUT2D eigenvalue weighted by Gasteiger charge is -2.14. The Bertz CT molecular complexity index is 1220. The van der Waals surface area contributed by atoms with Crippen LogP contribution in [0.25, 0.3) is 16.8 Å². The van der Waals surface area contributed by atoms with Gasteiger partial charge in [0.05, 0.1) is 5.69 Å². The highest BCUT2D eigenvalue weighted by Gasteiger charge is 2.15. The fourth-order valence-corrected chi connectivity index (χ4v) is 3.25. The molecule has 2 aromatic heterocycles. The summed E-state index contributed by atoms with van der Waals surface area (Å²) in [5.41, 5.74) is 3.93. The van der Waals surface area contributed by atoms with Crippen LogP contribution in [0.1, 0.15) is 11.1 Å². The summed E-state index contributed by atoms with van der Waals surface area (Å²) in [6, 6.07) is 15.1. The summed E-state index contributed by atoms with van der Waals surface area (Å²) in [6.07, 6.45) is 3.57. The number of benzene rings is 2. The maximum absolute atomic E-state index is 12.2. The van der Waals surface area contributed by atoms with Gasteiger partial charge in [0.1, 0.15) is 12.4 Å². The molecular formula is C21H18ClN5O2. The lowest BCUT2D eigenvalue weighted by molar-refractivity contribution is 0.303. The first-order chi connectivity index (χ1) is 14.0. The first-order valence-corrected chi connectivity index (χ1v) is 9.33. The second kappa shape index (κ2) is 7.89. The van der Waals surface area contributed by atoms with E-state index in [4.69, 9.17) is 16.3 Å². The van der Waals surface area contributed by atoms with E-state index in [0.717, 1.165) is 27.1 Å². The number of hydrogen-bond acceptors (Lipinski definition) is 5. The highest BCUT2D eigenvalue weighted by molar-refractivity contribution is 6.31. The number of nitrogens with zero attached hydrogens (tertiary/aromatic N) is 5. The zero-order valence-electron chi connectivity index (χ0n) is 15.9. The fraction of sp³-hybridized carbons (Fsp3) is 0.143. The van der Waals surface area contributed by atoms with Crippen molar-refractivity contribution in [3.05, 3.63) is 87.6 Å². The van der Waals surface area contributed by atoms with Crippen LogP contribution in [-0.4, -0.2) is 24.8 Å². The second-order valence-corrected chi connectivity index (χ2v) is 6.95. The topological polar surface area (TPSA) is 74.8 Å². The third-order valence-electron chi connectivity index (χ3n) is 4.59. The Labute approximate surface area is 172 Å². The highest BCUT2D eigenvalue weighted by atomic mass is 35.5. The molecule has 0 saturated carbocycles. The first-order valence-electron chi connectivity index (χ1n) is 8.95. The van der Waals surface area contributed by atoms with Gasteiger partial charge in [0, 0.05) is 35.6 Å². The molecule has 146 valence electrons. The molecule has 0 saturated heterocycles. The van der Waals surface area contributed by atoms with E-state index >= 15 is 0 Å². The minimum absolute atomic E-state index is 0.186. The van der Waals surface area contributed by atoms with Gasteiger partial charge in [0.15, 0.2) is 0 Å². The monoisotopic (exact) mass is 407 g/mol. The standard InChI is InChI=1S/C21H18ClN5O2/c1-14-11-15(16-5-4-10-23-12-16)8-9-20(14)29-13-17-18(22)6-3-7-19(17)27-21(28)26(2)24-25-27/h3-12H,13H2,1-2H3. The molecule has 0 atom stereocenters. The van der Waals surface area contributed by atoms with E-state index in [2.05, 4.69) is 15.4 Å². The van der Waals surface area contributed by atoms with E-state index in [1.54, 1.807) is 31.4 Å². The van der Waals surface area contributed by atoms with Gasteiger partial charge in [-0.2, -0.15) is 9.36 Å². The Morgan fingerprint density at radius 2 is 1.93 bits per heavy atom. The highest BCUT2D eigenvalue weighted by Crippen LogP contribution is 2.28. The van der Waals surface area contributed by atoms with Crippen LogP contribution >= 0.6 is 11.6 Å². The fourth-order valence-electron chi connectivity index (χ4n) is 3.03. The van der Waals surface area contributed by atoms with E-state index in [0.29, 0.717) is 16.3 Å². The van der Waals surface area contributed by atoms with Gasteiger partial charge in [0.2, 0.25) is 0 Å². The molecule has 2 aromatic carbocycles. The molecule has 0 bridgehead atoms. The van der Waals surface area contributed by atoms with Crippen LogP contribution in [0.15, 0.2) is 65.7 Å². The lowest BCUT2D eigenvalue weighted by atomic mass is 10.0. The van der Waals surface area contributed by atoms with Gasteiger partial charge in [-0.3, -0.25) is 4.98 Å². The van der Waals surface area contributed by atoms with Crippen LogP contribution < -0.4 is 10.4 Å². The zero-order valence-corrected chi connectivity index (χ0v) is 16.7. The number of aromatic nitrogens is 5. The van der Waals surface area contributed by atoms with E-state index < -0.39 is 0 Å². The van der Waals surface area contributed by atoms with Crippen LogP contribution in [0.2, 0.25) is 5.02 Å². The van der Waals surface area contributed by atoms with Gasteiger partial charge in [-0.05, 0) is 58.8 Å². The van der Waals surface area contributed by atoms with Crippen LogP contribution in [0, 0.1) is 6.92 Å². The summed E-state index contributed by atoms with van der Waals surface area (Å²) in [5.74, 6) is 0.731. The molecule has 0 aliphatic heterocycles. The van der Waals surface area contributed by atoms with Crippen LogP contribution in [0.5, 0.6) is 5.75 Å². The Balaban J connectivity index is 1.62. The van der Waals surface area contributed by atoms with E-state index in [9.17, 15) is 4.79 Å². The molecule has 0 fully saturated rings. The van der Waals surface area contributed by atoms with Gasteiger partial charge < -0.3 is 4.74 Å². The zero-order chi connectivity index (χ0) is 20.4. The Hall–Kier alpha value is -3.45. The van der Waals surface area contributed by atoms with Gasteiger partial charge >= 0.3 is 5.69 Å². The molecule has 0 amide bonds. The van der Waals surface area contributed by atoms with Crippen molar-refractivity contribution in [3.63, 3.8) is 0 Å². The molecule has 0 spiro atoms. The third-order valence-corrected chi connectivity index (χ3v) is 4.94. The van der Waals surface area contributed by atoms with Crippen molar-refractivity contribution >= 4 is 11.6 Å². The van der Waals surface area contributed by atoms with Crippen molar-refractivity contribution in [1.29, 1.82) is 0 Å². The normalized spacial score (nSPS) is 10.9. The number of tetrazole rings is 1. The predicted molar refractivity (Wildman–Crippen MR) is 110 cm³/mol. The minimum atomic E-state index is -0.356. The smallest absolute Gasteiger partial charge is 0.368 e. The Kier molecular flexibility index (Phi) is 5.14. The van der Waals surface area contributed by atoms with Crippen LogP contribution in [0.3, 0.4) is 0 Å². The predicted octanol–water partition coefficient (Wildman–Crippen LogP) is 3.57. The summed E-state index contributed by atoms with van der Waals surface area (Å²) in [7, 11) is 1.54. The molecule has 0 unspecified atom stereocenters.